The molecule has 0 aromatic carbocycles. The van der Waals surface area contributed by atoms with Gasteiger partial charge in [-0.2, -0.15) is 0 Å². The average molecular weight is 221 g/mol. The fourth-order valence-electron chi connectivity index (χ4n) is 1.36. The van der Waals surface area contributed by atoms with E-state index < -0.39 is 5.97 Å². The van der Waals surface area contributed by atoms with E-state index in [1.807, 2.05) is 18.4 Å². The van der Waals surface area contributed by atoms with Gasteiger partial charge in [-0.1, -0.05) is 5.16 Å². The minimum Gasteiger partial charge on any atom is -0.476 e. The van der Waals surface area contributed by atoms with E-state index in [4.69, 9.17) is 9.63 Å². The highest BCUT2D eigenvalue weighted by Crippen LogP contribution is 2.10. The molecule has 0 atom stereocenters. The van der Waals surface area contributed by atoms with Crippen molar-refractivity contribution in [2.75, 3.05) is 0 Å². The molecule has 2 rings (SSSR count). The van der Waals surface area contributed by atoms with Crippen molar-refractivity contribution >= 4 is 5.97 Å². The Labute approximate surface area is 91.5 Å². The summed E-state index contributed by atoms with van der Waals surface area (Å²) in [6.07, 6.45) is 1.69. The summed E-state index contributed by atoms with van der Waals surface area (Å²) < 4.78 is 6.79. The summed E-state index contributed by atoms with van der Waals surface area (Å²) in [7, 11) is 0. The standard InChI is InChI=1S/C10H11N3O3/c1-6-7(2)13(5-11-6)4-8-3-9(10(14)15)12-16-8/h3,5H,4H2,1-2H3,(H,14,15). The van der Waals surface area contributed by atoms with Gasteiger partial charge in [0.1, 0.15) is 0 Å². The van der Waals surface area contributed by atoms with Gasteiger partial charge in [-0.15, -0.1) is 0 Å². The average Bonchev–Trinajstić information content (AvgIpc) is 2.81. The zero-order valence-corrected chi connectivity index (χ0v) is 8.97. The van der Waals surface area contributed by atoms with Crippen molar-refractivity contribution in [2.24, 2.45) is 0 Å². The number of carboxylic acids is 1. The zero-order valence-electron chi connectivity index (χ0n) is 8.97. The molecule has 0 saturated carbocycles. The van der Waals surface area contributed by atoms with Crippen LogP contribution in [-0.2, 0) is 6.54 Å². The maximum absolute atomic E-state index is 10.6. The summed E-state index contributed by atoms with van der Waals surface area (Å²) >= 11 is 0. The Morgan fingerprint density at radius 2 is 2.31 bits per heavy atom. The summed E-state index contributed by atoms with van der Waals surface area (Å²) in [5.41, 5.74) is 1.88. The molecule has 84 valence electrons. The van der Waals surface area contributed by atoms with Gasteiger partial charge in [0.25, 0.3) is 0 Å². The summed E-state index contributed by atoms with van der Waals surface area (Å²) in [4.78, 5) is 14.7. The van der Waals surface area contributed by atoms with E-state index >= 15 is 0 Å². The highest BCUT2D eigenvalue weighted by Gasteiger charge is 2.12. The van der Waals surface area contributed by atoms with Gasteiger partial charge in [-0.3, -0.25) is 0 Å². The molecule has 2 aromatic rings. The number of hydrogen-bond acceptors (Lipinski definition) is 4. The van der Waals surface area contributed by atoms with Crippen LogP contribution in [0.1, 0.15) is 27.6 Å². The zero-order chi connectivity index (χ0) is 11.7. The quantitative estimate of drug-likeness (QED) is 0.843. The van der Waals surface area contributed by atoms with Crippen LogP contribution in [0.25, 0.3) is 0 Å². The van der Waals surface area contributed by atoms with E-state index in [0.717, 1.165) is 11.4 Å². The van der Waals surface area contributed by atoms with Crippen molar-refractivity contribution in [1.82, 2.24) is 14.7 Å². The van der Waals surface area contributed by atoms with Crippen molar-refractivity contribution in [3.63, 3.8) is 0 Å². The topological polar surface area (TPSA) is 81.2 Å². The van der Waals surface area contributed by atoms with Gasteiger partial charge in [0.05, 0.1) is 18.6 Å². The van der Waals surface area contributed by atoms with Crippen molar-refractivity contribution in [2.45, 2.75) is 20.4 Å². The summed E-state index contributed by atoms with van der Waals surface area (Å²) in [6.45, 7) is 4.29. The van der Waals surface area contributed by atoms with Crippen LogP contribution in [0.3, 0.4) is 0 Å². The van der Waals surface area contributed by atoms with Crippen LogP contribution in [0.2, 0.25) is 0 Å². The van der Waals surface area contributed by atoms with Gasteiger partial charge in [0.15, 0.2) is 11.5 Å². The van der Waals surface area contributed by atoms with E-state index in [-0.39, 0.29) is 5.69 Å². The molecule has 6 heteroatoms. The number of imidazole rings is 1. The first-order valence-corrected chi connectivity index (χ1v) is 4.75. The minimum absolute atomic E-state index is 0.0792. The number of aromatic carboxylic acids is 1. The van der Waals surface area contributed by atoms with E-state index in [0.29, 0.717) is 12.3 Å². The molecule has 0 aliphatic heterocycles. The monoisotopic (exact) mass is 221 g/mol. The molecule has 0 radical (unpaired) electrons. The number of carboxylic acid groups (broad SMARTS) is 1. The lowest BCUT2D eigenvalue weighted by Crippen LogP contribution is -1.99. The Kier molecular flexibility index (Phi) is 2.47. The third-order valence-electron chi connectivity index (χ3n) is 2.45. The van der Waals surface area contributed by atoms with Crippen molar-refractivity contribution < 1.29 is 14.4 Å². The number of carbonyl (C=O) groups is 1. The minimum atomic E-state index is -1.09. The molecule has 0 fully saturated rings. The molecule has 0 unspecified atom stereocenters. The van der Waals surface area contributed by atoms with Gasteiger partial charge in [0.2, 0.25) is 0 Å². The number of aryl methyl sites for hydroxylation is 1. The van der Waals surface area contributed by atoms with Crippen molar-refractivity contribution in [1.29, 1.82) is 0 Å². The Balaban J connectivity index is 2.21. The van der Waals surface area contributed by atoms with E-state index in [1.54, 1.807) is 6.33 Å². The molecule has 0 aliphatic carbocycles. The van der Waals surface area contributed by atoms with Crippen LogP contribution in [0.15, 0.2) is 16.9 Å². The summed E-state index contributed by atoms with van der Waals surface area (Å²) in [5, 5.41) is 12.1. The van der Waals surface area contributed by atoms with Crippen molar-refractivity contribution in [3.05, 3.63) is 35.2 Å². The predicted octanol–water partition coefficient (Wildman–Crippen LogP) is 1.23. The van der Waals surface area contributed by atoms with Crippen LogP contribution < -0.4 is 0 Å². The molecule has 0 bridgehead atoms. The molecular weight excluding hydrogens is 210 g/mol. The summed E-state index contributed by atoms with van der Waals surface area (Å²) in [6, 6.07) is 1.41. The Bertz CT molecular complexity index is 527. The molecule has 0 spiro atoms. The fraction of sp³-hybridized carbons (Fsp3) is 0.300. The van der Waals surface area contributed by atoms with Crippen LogP contribution in [0.4, 0.5) is 0 Å². The third-order valence-corrected chi connectivity index (χ3v) is 2.45. The third kappa shape index (κ3) is 1.81. The first kappa shape index (κ1) is 10.4. The van der Waals surface area contributed by atoms with Crippen LogP contribution in [0.5, 0.6) is 0 Å². The predicted molar refractivity (Wildman–Crippen MR) is 54.3 cm³/mol. The molecule has 0 aliphatic rings. The number of aromatic nitrogens is 3. The lowest BCUT2D eigenvalue weighted by Gasteiger charge is -2.00. The molecule has 6 nitrogen and oxygen atoms in total. The molecule has 1 N–H and O–H groups in total. The lowest BCUT2D eigenvalue weighted by molar-refractivity contribution is 0.0685. The Morgan fingerprint density at radius 1 is 1.56 bits per heavy atom. The highest BCUT2D eigenvalue weighted by molar-refractivity contribution is 5.85. The SMILES string of the molecule is Cc1ncn(Cc2cc(C(=O)O)no2)c1C. The lowest BCUT2D eigenvalue weighted by atomic mass is 10.3. The summed E-state index contributed by atoms with van der Waals surface area (Å²) in [5.74, 6) is -0.591. The van der Waals surface area contributed by atoms with Gasteiger partial charge in [0, 0.05) is 11.8 Å². The largest absolute Gasteiger partial charge is 0.476 e. The van der Waals surface area contributed by atoms with Gasteiger partial charge < -0.3 is 14.2 Å². The van der Waals surface area contributed by atoms with Gasteiger partial charge in [-0.05, 0) is 13.8 Å². The molecule has 2 heterocycles. The van der Waals surface area contributed by atoms with Crippen LogP contribution in [-0.4, -0.2) is 25.8 Å². The smallest absolute Gasteiger partial charge is 0.358 e. The maximum Gasteiger partial charge on any atom is 0.358 e. The molecular formula is C10H11N3O3. The van der Waals surface area contributed by atoms with E-state index in [2.05, 4.69) is 10.1 Å². The van der Waals surface area contributed by atoms with E-state index in [9.17, 15) is 4.79 Å². The maximum atomic E-state index is 10.6. The number of hydrogen-bond donors (Lipinski definition) is 1. The fourth-order valence-corrected chi connectivity index (χ4v) is 1.36. The first-order valence-electron chi connectivity index (χ1n) is 4.75. The molecule has 2 aromatic heterocycles. The first-order chi connectivity index (χ1) is 7.58. The number of rotatable bonds is 3. The van der Waals surface area contributed by atoms with Crippen LogP contribution in [0, 0.1) is 13.8 Å². The van der Waals surface area contributed by atoms with E-state index in [1.165, 1.54) is 6.07 Å². The molecule has 16 heavy (non-hydrogen) atoms. The highest BCUT2D eigenvalue weighted by atomic mass is 16.5. The van der Waals surface area contributed by atoms with Gasteiger partial charge >= 0.3 is 5.97 Å². The van der Waals surface area contributed by atoms with Gasteiger partial charge in [-0.25, -0.2) is 9.78 Å². The normalized spacial score (nSPS) is 10.6. The molecule has 0 amide bonds. The number of nitrogens with zero attached hydrogens (tertiary/aromatic N) is 3. The second kappa shape index (κ2) is 3.80. The molecule has 0 saturated heterocycles. The second-order valence-corrected chi connectivity index (χ2v) is 3.53. The Morgan fingerprint density at radius 3 is 2.81 bits per heavy atom. The van der Waals surface area contributed by atoms with Crippen molar-refractivity contribution in [3.8, 4) is 0 Å². The van der Waals surface area contributed by atoms with Crippen LogP contribution >= 0.6 is 0 Å². The Hall–Kier alpha value is -2.11. The second-order valence-electron chi connectivity index (χ2n) is 3.53.